The van der Waals surface area contributed by atoms with Crippen LogP contribution in [0.2, 0.25) is 0 Å². The minimum Gasteiger partial charge on any atom is -0.325 e. The topological polar surface area (TPSA) is 26.0 Å². The lowest BCUT2D eigenvalue weighted by atomic mass is 10.1. The van der Waals surface area contributed by atoms with E-state index >= 15 is 0 Å². The third-order valence-electron chi connectivity index (χ3n) is 1.64. The van der Waals surface area contributed by atoms with Crippen molar-refractivity contribution >= 4 is 0 Å². The molecule has 2 N–H and O–H groups in total. The van der Waals surface area contributed by atoms with E-state index in [0.717, 1.165) is 12.8 Å². The van der Waals surface area contributed by atoms with Crippen LogP contribution >= 0.6 is 0 Å². The van der Waals surface area contributed by atoms with Crippen LogP contribution in [-0.2, 0) is 0 Å². The fourth-order valence-corrected chi connectivity index (χ4v) is 1.12. The van der Waals surface area contributed by atoms with Gasteiger partial charge in [0.1, 0.15) is 0 Å². The molecule has 0 saturated heterocycles. The normalized spacial score (nSPS) is 14.2. The molecule has 1 heteroatoms. The molecule has 0 rings (SSSR count). The molecule has 0 amide bonds. The standard InChI is InChI=1S/C11H21N/c1-9(2)6-5-7-10(3)8-11(4)12/h6,8,11H,5,7,12H2,1-4H3/b10-8+. The van der Waals surface area contributed by atoms with Crippen molar-refractivity contribution in [3.05, 3.63) is 23.3 Å². The van der Waals surface area contributed by atoms with Crippen molar-refractivity contribution in [3.8, 4) is 0 Å². The number of hydrogen-bond acceptors (Lipinski definition) is 1. The molecule has 0 bridgehead atoms. The lowest BCUT2D eigenvalue weighted by Gasteiger charge is -2.01. The highest BCUT2D eigenvalue weighted by atomic mass is 14.6. The second-order valence-electron chi connectivity index (χ2n) is 3.69. The Bertz CT molecular complexity index is 171. The molecule has 0 aromatic heterocycles. The summed E-state index contributed by atoms with van der Waals surface area (Å²) >= 11 is 0. The quantitative estimate of drug-likeness (QED) is 0.640. The van der Waals surface area contributed by atoms with E-state index in [1.165, 1.54) is 11.1 Å². The summed E-state index contributed by atoms with van der Waals surface area (Å²) in [5, 5.41) is 0. The lowest BCUT2D eigenvalue weighted by Crippen LogP contribution is -2.11. The van der Waals surface area contributed by atoms with E-state index in [1.54, 1.807) is 0 Å². The van der Waals surface area contributed by atoms with Gasteiger partial charge in [0.25, 0.3) is 0 Å². The van der Waals surface area contributed by atoms with Gasteiger partial charge in [0, 0.05) is 6.04 Å². The molecule has 0 aliphatic carbocycles. The van der Waals surface area contributed by atoms with E-state index in [2.05, 4.69) is 32.9 Å². The molecular weight excluding hydrogens is 146 g/mol. The zero-order chi connectivity index (χ0) is 9.56. The third-order valence-corrected chi connectivity index (χ3v) is 1.64. The van der Waals surface area contributed by atoms with Crippen LogP contribution < -0.4 is 5.73 Å². The Labute approximate surface area is 76.3 Å². The average Bonchev–Trinajstić information content (AvgIpc) is 1.84. The highest BCUT2D eigenvalue weighted by Crippen LogP contribution is 2.06. The molecule has 0 spiro atoms. The van der Waals surface area contributed by atoms with Crippen molar-refractivity contribution in [1.29, 1.82) is 0 Å². The maximum atomic E-state index is 5.63. The van der Waals surface area contributed by atoms with Crippen molar-refractivity contribution < 1.29 is 0 Å². The molecule has 0 saturated carbocycles. The number of allylic oxidation sites excluding steroid dienone is 3. The molecule has 0 fully saturated rings. The van der Waals surface area contributed by atoms with Crippen LogP contribution in [0.4, 0.5) is 0 Å². The average molecular weight is 167 g/mol. The van der Waals surface area contributed by atoms with Crippen LogP contribution in [0.1, 0.15) is 40.5 Å². The van der Waals surface area contributed by atoms with Crippen LogP contribution in [0.3, 0.4) is 0 Å². The minimum atomic E-state index is 0.191. The summed E-state index contributed by atoms with van der Waals surface area (Å²) in [5.74, 6) is 0. The zero-order valence-electron chi connectivity index (χ0n) is 8.72. The summed E-state index contributed by atoms with van der Waals surface area (Å²) < 4.78 is 0. The molecule has 12 heavy (non-hydrogen) atoms. The Morgan fingerprint density at radius 3 is 2.33 bits per heavy atom. The SMILES string of the molecule is CC(C)=CCC/C(C)=C/C(C)N. The van der Waals surface area contributed by atoms with E-state index in [9.17, 15) is 0 Å². The summed E-state index contributed by atoms with van der Waals surface area (Å²) in [6.07, 6.45) is 6.65. The Hall–Kier alpha value is -0.560. The fourth-order valence-electron chi connectivity index (χ4n) is 1.12. The molecule has 0 heterocycles. The van der Waals surface area contributed by atoms with Gasteiger partial charge in [-0.3, -0.25) is 0 Å². The third kappa shape index (κ3) is 7.55. The van der Waals surface area contributed by atoms with Gasteiger partial charge in [-0.15, -0.1) is 0 Å². The van der Waals surface area contributed by atoms with Crippen molar-refractivity contribution in [3.63, 3.8) is 0 Å². The summed E-state index contributed by atoms with van der Waals surface area (Å²) in [7, 11) is 0. The predicted molar refractivity (Wildman–Crippen MR) is 56.1 cm³/mol. The van der Waals surface area contributed by atoms with E-state index in [1.807, 2.05) is 6.92 Å². The Morgan fingerprint density at radius 2 is 1.92 bits per heavy atom. The van der Waals surface area contributed by atoms with Gasteiger partial charge in [0.05, 0.1) is 0 Å². The molecule has 1 nitrogen and oxygen atoms in total. The Morgan fingerprint density at radius 1 is 1.33 bits per heavy atom. The molecule has 1 unspecified atom stereocenters. The van der Waals surface area contributed by atoms with Crippen LogP contribution in [0.15, 0.2) is 23.3 Å². The Kier molecular flexibility index (Phi) is 5.73. The van der Waals surface area contributed by atoms with Crippen molar-refractivity contribution in [2.45, 2.75) is 46.6 Å². The number of hydrogen-bond donors (Lipinski definition) is 1. The van der Waals surface area contributed by atoms with E-state index in [-0.39, 0.29) is 6.04 Å². The lowest BCUT2D eigenvalue weighted by molar-refractivity contribution is 0.881. The van der Waals surface area contributed by atoms with Gasteiger partial charge in [-0.05, 0) is 40.5 Å². The van der Waals surface area contributed by atoms with Crippen LogP contribution in [0, 0.1) is 0 Å². The van der Waals surface area contributed by atoms with Gasteiger partial charge < -0.3 is 5.73 Å². The maximum Gasteiger partial charge on any atom is 0.0197 e. The number of nitrogens with two attached hydrogens (primary N) is 1. The number of rotatable bonds is 4. The summed E-state index contributed by atoms with van der Waals surface area (Å²) in [6.45, 7) is 8.40. The molecule has 0 aromatic carbocycles. The molecule has 70 valence electrons. The van der Waals surface area contributed by atoms with Crippen LogP contribution in [-0.4, -0.2) is 6.04 Å². The largest absolute Gasteiger partial charge is 0.325 e. The van der Waals surface area contributed by atoms with Gasteiger partial charge in [-0.2, -0.15) is 0 Å². The fraction of sp³-hybridized carbons (Fsp3) is 0.636. The smallest absolute Gasteiger partial charge is 0.0197 e. The first-order valence-corrected chi connectivity index (χ1v) is 4.58. The van der Waals surface area contributed by atoms with Crippen molar-refractivity contribution in [1.82, 2.24) is 0 Å². The molecule has 0 aliphatic heterocycles. The molecular formula is C11H21N. The predicted octanol–water partition coefficient (Wildman–Crippen LogP) is 3.03. The second-order valence-corrected chi connectivity index (χ2v) is 3.69. The van der Waals surface area contributed by atoms with Crippen molar-refractivity contribution in [2.24, 2.45) is 5.73 Å². The maximum absolute atomic E-state index is 5.63. The second kappa shape index (κ2) is 6.01. The summed E-state index contributed by atoms with van der Waals surface area (Å²) in [4.78, 5) is 0. The van der Waals surface area contributed by atoms with E-state index < -0.39 is 0 Å². The highest BCUT2D eigenvalue weighted by Gasteiger charge is 1.91. The van der Waals surface area contributed by atoms with Gasteiger partial charge in [-0.1, -0.05) is 23.3 Å². The first-order valence-electron chi connectivity index (χ1n) is 4.58. The Balaban J connectivity index is 3.71. The van der Waals surface area contributed by atoms with E-state index in [0.29, 0.717) is 0 Å². The summed E-state index contributed by atoms with van der Waals surface area (Å²) in [6, 6.07) is 0.191. The van der Waals surface area contributed by atoms with Crippen LogP contribution in [0.5, 0.6) is 0 Å². The first-order chi connectivity index (χ1) is 5.52. The molecule has 1 atom stereocenters. The zero-order valence-corrected chi connectivity index (χ0v) is 8.72. The highest BCUT2D eigenvalue weighted by molar-refractivity contribution is 5.04. The monoisotopic (exact) mass is 167 g/mol. The van der Waals surface area contributed by atoms with Crippen LogP contribution in [0.25, 0.3) is 0 Å². The molecule has 0 aliphatic rings. The van der Waals surface area contributed by atoms with E-state index in [4.69, 9.17) is 5.73 Å². The minimum absolute atomic E-state index is 0.191. The van der Waals surface area contributed by atoms with Gasteiger partial charge in [-0.25, -0.2) is 0 Å². The molecule has 0 radical (unpaired) electrons. The van der Waals surface area contributed by atoms with Gasteiger partial charge >= 0.3 is 0 Å². The summed E-state index contributed by atoms with van der Waals surface area (Å²) in [5.41, 5.74) is 8.42. The molecule has 0 aromatic rings. The van der Waals surface area contributed by atoms with Gasteiger partial charge in [0.15, 0.2) is 0 Å². The van der Waals surface area contributed by atoms with Gasteiger partial charge in [0.2, 0.25) is 0 Å². The first kappa shape index (κ1) is 11.4. The van der Waals surface area contributed by atoms with Crippen molar-refractivity contribution in [2.75, 3.05) is 0 Å².